The first-order valence-electron chi connectivity index (χ1n) is 5.19. The summed E-state index contributed by atoms with van der Waals surface area (Å²) in [6.45, 7) is 0. The maximum atomic E-state index is 13.6. The van der Waals surface area contributed by atoms with Gasteiger partial charge in [-0.2, -0.15) is 14.5 Å². The van der Waals surface area contributed by atoms with Gasteiger partial charge in [-0.15, -0.1) is 0 Å². The monoisotopic (exact) mass is 283 g/mol. The van der Waals surface area contributed by atoms with E-state index in [1.165, 1.54) is 11.7 Å². The van der Waals surface area contributed by atoms with Crippen LogP contribution in [0.15, 0.2) is 18.5 Å². The molecule has 2 rings (SSSR count). The molecular formula is C10H7F2N5O3. The van der Waals surface area contributed by atoms with E-state index in [0.717, 1.165) is 6.33 Å². The topological polar surface area (TPSA) is 103 Å². The maximum absolute atomic E-state index is 13.6. The number of nitro benzene ring substituents is 1. The molecule has 20 heavy (non-hydrogen) atoms. The summed E-state index contributed by atoms with van der Waals surface area (Å²) in [7, 11) is 1.48. The van der Waals surface area contributed by atoms with Gasteiger partial charge in [-0.1, -0.05) is 0 Å². The van der Waals surface area contributed by atoms with Crippen LogP contribution in [0.3, 0.4) is 0 Å². The molecule has 0 saturated heterocycles. The van der Waals surface area contributed by atoms with Crippen LogP contribution in [0.1, 0.15) is 10.4 Å². The number of aromatic nitrogens is 3. The molecule has 0 radical (unpaired) electrons. The molecule has 0 bridgehead atoms. The molecule has 10 heteroatoms. The normalized spacial score (nSPS) is 10.3. The van der Waals surface area contributed by atoms with Gasteiger partial charge in [0.05, 0.1) is 16.6 Å². The minimum Gasteiger partial charge on any atom is -0.291 e. The van der Waals surface area contributed by atoms with E-state index in [0.29, 0.717) is 12.1 Å². The molecule has 0 spiro atoms. The number of rotatable bonds is 3. The highest BCUT2D eigenvalue weighted by Gasteiger charge is 2.22. The van der Waals surface area contributed by atoms with Crippen LogP contribution in [-0.2, 0) is 7.05 Å². The second-order valence-electron chi connectivity index (χ2n) is 3.70. The van der Waals surface area contributed by atoms with Gasteiger partial charge in [-0.25, -0.2) is 9.07 Å². The maximum Gasteiger partial charge on any atom is 0.307 e. The molecule has 0 atom stereocenters. The highest BCUT2D eigenvalue weighted by atomic mass is 19.1. The number of nitrogens with one attached hydrogen (secondary N) is 1. The quantitative estimate of drug-likeness (QED) is 0.674. The molecule has 0 aliphatic carbocycles. The summed E-state index contributed by atoms with van der Waals surface area (Å²) in [5.41, 5.74) is -1.71. The summed E-state index contributed by atoms with van der Waals surface area (Å²) in [4.78, 5) is 24.8. The van der Waals surface area contributed by atoms with E-state index in [1.54, 1.807) is 0 Å². The minimum absolute atomic E-state index is 0.0214. The second-order valence-corrected chi connectivity index (χ2v) is 3.70. The SMILES string of the molecule is Cn1ncnc1NC(=O)c1cc(F)c([N+](=O)[O-])cc1F. The van der Waals surface area contributed by atoms with Gasteiger partial charge < -0.3 is 0 Å². The minimum atomic E-state index is -1.31. The highest BCUT2D eigenvalue weighted by molar-refractivity contribution is 6.03. The van der Waals surface area contributed by atoms with Gasteiger partial charge in [0.25, 0.3) is 5.91 Å². The van der Waals surface area contributed by atoms with Crippen LogP contribution >= 0.6 is 0 Å². The Hall–Kier alpha value is -2.91. The Morgan fingerprint density at radius 1 is 1.40 bits per heavy atom. The number of carbonyl (C=O) groups is 1. The number of aryl methyl sites for hydroxylation is 1. The number of nitrogens with zero attached hydrogens (tertiary/aromatic N) is 4. The second kappa shape index (κ2) is 4.99. The van der Waals surface area contributed by atoms with Crippen molar-refractivity contribution in [2.75, 3.05) is 5.32 Å². The van der Waals surface area contributed by atoms with Gasteiger partial charge in [0.15, 0.2) is 0 Å². The lowest BCUT2D eigenvalue weighted by Crippen LogP contribution is -2.17. The molecule has 0 saturated carbocycles. The first kappa shape index (κ1) is 13.5. The number of hydrogen-bond donors (Lipinski definition) is 1. The molecule has 0 fully saturated rings. The summed E-state index contributed by atoms with van der Waals surface area (Å²) in [5, 5.41) is 16.3. The van der Waals surface area contributed by atoms with E-state index >= 15 is 0 Å². The van der Waals surface area contributed by atoms with Crippen molar-refractivity contribution in [3.8, 4) is 0 Å². The molecule has 1 heterocycles. The fourth-order valence-electron chi connectivity index (χ4n) is 1.43. The summed E-state index contributed by atoms with van der Waals surface area (Å²) in [6, 6.07) is 0.806. The highest BCUT2D eigenvalue weighted by Crippen LogP contribution is 2.21. The lowest BCUT2D eigenvalue weighted by Gasteiger charge is -2.05. The average Bonchev–Trinajstić information content (AvgIpc) is 2.77. The molecule has 104 valence electrons. The van der Waals surface area contributed by atoms with Crippen molar-refractivity contribution in [3.63, 3.8) is 0 Å². The molecule has 1 aromatic carbocycles. The van der Waals surface area contributed by atoms with Crippen molar-refractivity contribution in [2.24, 2.45) is 7.05 Å². The number of nitro groups is 1. The van der Waals surface area contributed by atoms with Crippen molar-refractivity contribution < 1.29 is 18.5 Å². The van der Waals surface area contributed by atoms with Gasteiger partial charge in [-0.3, -0.25) is 20.2 Å². The third-order valence-electron chi connectivity index (χ3n) is 2.41. The molecule has 0 aliphatic rings. The van der Waals surface area contributed by atoms with E-state index in [4.69, 9.17) is 0 Å². The molecule has 0 unspecified atom stereocenters. The number of amides is 1. The zero-order chi connectivity index (χ0) is 14.9. The van der Waals surface area contributed by atoms with Crippen LogP contribution < -0.4 is 5.32 Å². The van der Waals surface area contributed by atoms with Crippen LogP contribution in [0.4, 0.5) is 20.4 Å². The first-order valence-corrected chi connectivity index (χ1v) is 5.19. The van der Waals surface area contributed by atoms with Crippen molar-refractivity contribution in [3.05, 3.63) is 45.8 Å². The Kier molecular flexibility index (Phi) is 3.37. The van der Waals surface area contributed by atoms with Gasteiger partial charge in [-0.05, 0) is 6.07 Å². The van der Waals surface area contributed by atoms with E-state index in [9.17, 15) is 23.7 Å². The number of carbonyl (C=O) groups excluding carboxylic acids is 1. The molecule has 8 nitrogen and oxygen atoms in total. The zero-order valence-electron chi connectivity index (χ0n) is 10.0. The first-order chi connectivity index (χ1) is 9.40. The summed E-state index contributed by atoms with van der Waals surface area (Å²) in [6.07, 6.45) is 1.16. The molecule has 1 aromatic heterocycles. The predicted molar refractivity (Wildman–Crippen MR) is 62.0 cm³/mol. The van der Waals surface area contributed by atoms with E-state index < -0.39 is 33.7 Å². The fraction of sp³-hybridized carbons (Fsp3) is 0.100. The van der Waals surface area contributed by atoms with Gasteiger partial charge in [0, 0.05) is 7.05 Å². The van der Waals surface area contributed by atoms with Crippen LogP contribution in [0.25, 0.3) is 0 Å². The lowest BCUT2D eigenvalue weighted by molar-refractivity contribution is -0.387. The molecule has 0 aliphatic heterocycles. The van der Waals surface area contributed by atoms with Crippen LogP contribution in [0.5, 0.6) is 0 Å². The van der Waals surface area contributed by atoms with Crippen molar-refractivity contribution in [2.45, 2.75) is 0 Å². The van der Waals surface area contributed by atoms with Crippen molar-refractivity contribution in [1.29, 1.82) is 0 Å². The fourth-order valence-corrected chi connectivity index (χ4v) is 1.43. The molecular weight excluding hydrogens is 276 g/mol. The Bertz CT molecular complexity index is 700. The standard InChI is InChI=1S/C10H7F2N5O3/c1-16-10(13-4-14-16)15-9(18)5-2-7(12)8(17(19)20)3-6(5)11/h2-4H,1H3,(H,13,14,15,18). The smallest absolute Gasteiger partial charge is 0.291 e. The molecule has 1 amide bonds. The van der Waals surface area contributed by atoms with Gasteiger partial charge >= 0.3 is 5.69 Å². The van der Waals surface area contributed by atoms with Crippen LogP contribution in [-0.4, -0.2) is 25.6 Å². The third kappa shape index (κ3) is 2.43. The van der Waals surface area contributed by atoms with E-state index in [1.807, 2.05) is 0 Å². The Morgan fingerprint density at radius 2 is 2.10 bits per heavy atom. The molecule has 1 N–H and O–H groups in total. The van der Waals surface area contributed by atoms with Crippen LogP contribution in [0.2, 0.25) is 0 Å². The van der Waals surface area contributed by atoms with E-state index in [2.05, 4.69) is 15.4 Å². The zero-order valence-corrected chi connectivity index (χ0v) is 10.0. The predicted octanol–water partition coefficient (Wildman–Crippen LogP) is 1.25. The Balaban J connectivity index is 2.33. The number of halogens is 2. The number of benzene rings is 1. The van der Waals surface area contributed by atoms with E-state index in [-0.39, 0.29) is 5.95 Å². The van der Waals surface area contributed by atoms with Crippen molar-refractivity contribution in [1.82, 2.24) is 14.8 Å². The third-order valence-corrected chi connectivity index (χ3v) is 2.41. The Morgan fingerprint density at radius 3 is 2.65 bits per heavy atom. The molecule has 2 aromatic rings. The summed E-state index contributed by atoms with van der Waals surface area (Å²) >= 11 is 0. The summed E-state index contributed by atoms with van der Waals surface area (Å²) < 4.78 is 28.2. The van der Waals surface area contributed by atoms with Crippen LogP contribution in [0, 0.1) is 21.7 Å². The van der Waals surface area contributed by atoms with Gasteiger partial charge in [0.2, 0.25) is 11.8 Å². The number of hydrogen-bond acceptors (Lipinski definition) is 5. The Labute approximate surface area is 110 Å². The summed E-state index contributed by atoms with van der Waals surface area (Å²) in [5.74, 6) is -3.49. The average molecular weight is 283 g/mol. The largest absolute Gasteiger partial charge is 0.307 e. The lowest BCUT2D eigenvalue weighted by atomic mass is 10.1. The van der Waals surface area contributed by atoms with Crippen molar-refractivity contribution >= 4 is 17.5 Å². The van der Waals surface area contributed by atoms with Gasteiger partial charge in [0.1, 0.15) is 12.1 Å². The number of anilines is 1.